The quantitative estimate of drug-likeness (QED) is 0.708. The Morgan fingerprint density at radius 2 is 1.83 bits per heavy atom. The van der Waals surface area contributed by atoms with Crippen LogP contribution in [0.25, 0.3) is 0 Å². The lowest BCUT2D eigenvalue weighted by molar-refractivity contribution is -0.892. The van der Waals surface area contributed by atoms with Gasteiger partial charge in [0.25, 0.3) is 5.91 Å². The summed E-state index contributed by atoms with van der Waals surface area (Å²) in [5, 5.41) is 5.09. The van der Waals surface area contributed by atoms with Crippen LogP contribution in [0.5, 0.6) is 0 Å². The van der Waals surface area contributed by atoms with E-state index in [2.05, 4.69) is 27.7 Å². The van der Waals surface area contributed by atoms with E-state index in [9.17, 15) is 9.59 Å². The predicted octanol–water partition coefficient (Wildman–Crippen LogP) is -0.127. The highest BCUT2D eigenvalue weighted by Gasteiger charge is 2.22. The number of nitrogens with zero attached hydrogens (tertiary/aromatic N) is 1. The number of amides is 3. The zero-order valence-corrected chi connectivity index (χ0v) is 14.0. The number of quaternary nitrogens is 1. The molecule has 0 bridgehead atoms. The average Bonchev–Trinajstić information content (AvgIpc) is 2.54. The van der Waals surface area contributed by atoms with Gasteiger partial charge in [-0.2, -0.15) is 0 Å². The van der Waals surface area contributed by atoms with Crippen molar-refractivity contribution in [1.82, 2.24) is 10.6 Å². The molecule has 6 nitrogen and oxygen atoms in total. The van der Waals surface area contributed by atoms with Gasteiger partial charge in [-0.3, -0.25) is 10.1 Å². The Morgan fingerprint density at radius 1 is 1.17 bits per heavy atom. The maximum Gasteiger partial charge on any atom is 0.321 e. The summed E-state index contributed by atoms with van der Waals surface area (Å²) in [5.41, 5.74) is 1.23. The van der Waals surface area contributed by atoms with Gasteiger partial charge in [0.05, 0.1) is 26.2 Å². The molecular formula is C17H27N4O2+. The smallest absolute Gasteiger partial charge is 0.321 e. The van der Waals surface area contributed by atoms with Gasteiger partial charge in [-0.1, -0.05) is 32.0 Å². The molecule has 23 heavy (non-hydrogen) atoms. The number of para-hydroxylation sites is 1. The molecule has 0 saturated carbocycles. The van der Waals surface area contributed by atoms with E-state index in [1.165, 1.54) is 10.6 Å². The molecule has 0 spiro atoms. The molecule has 6 heteroatoms. The first-order valence-corrected chi connectivity index (χ1v) is 8.26. The number of benzene rings is 1. The zero-order valence-electron chi connectivity index (χ0n) is 14.0. The summed E-state index contributed by atoms with van der Waals surface area (Å²) in [7, 11) is 0. The number of rotatable bonds is 5. The van der Waals surface area contributed by atoms with Crippen LogP contribution < -0.4 is 20.4 Å². The van der Waals surface area contributed by atoms with E-state index in [4.69, 9.17) is 0 Å². The van der Waals surface area contributed by atoms with E-state index in [1.807, 2.05) is 32.0 Å². The Hall–Kier alpha value is -2.08. The monoisotopic (exact) mass is 319 g/mol. The van der Waals surface area contributed by atoms with Gasteiger partial charge in [-0.25, -0.2) is 4.79 Å². The first kappa shape index (κ1) is 17.3. The van der Waals surface area contributed by atoms with Crippen LogP contribution in [0.4, 0.5) is 10.5 Å². The van der Waals surface area contributed by atoms with Gasteiger partial charge in [0, 0.05) is 12.2 Å². The fraction of sp³-hybridized carbons (Fsp3) is 0.529. The second-order valence-corrected chi connectivity index (χ2v) is 6.40. The second-order valence-electron chi connectivity index (χ2n) is 6.40. The first-order chi connectivity index (χ1) is 11.0. The summed E-state index contributed by atoms with van der Waals surface area (Å²) >= 11 is 0. The highest BCUT2D eigenvalue weighted by molar-refractivity contribution is 5.94. The van der Waals surface area contributed by atoms with Crippen LogP contribution in [-0.2, 0) is 4.79 Å². The average molecular weight is 319 g/mol. The Balaban J connectivity index is 1.69. The summed E-state index contributed by atoms with van der Waals surface area (Å²) in [6.07, 6.45) is 0. The normalized spacial score (nSPS) is 15.5. The largest absolute Gasteiger partial charge is 0.360 e. The van der Waals surface area contributed by atoms with Crippen LogP contribution in [0.2, 0.25) is 0 Å². The summed E-state index contributed by atoms with van der Waals surface area (Å²) in [4.78, 5) is 27.0. The van der Waals surface area contributed by atoms with Crippen molar-refractivity contribution in [3.63, 3.8) is 0 Å². The minimum absolute atomic E-state index is 0.214. The van der Waals surface area contributed by atoms with Gasteiger partial charge >= 0.3 is 6.03 Å². The fourth-order valence-electron chi connectivity index (χ4n) is 2.64. The zero-order chi connectivity index (χ0) is 16.7. The third kappa shape index (κ3) is 5.90. The molecular weight excluding hydrogens is 292 g/mol. The summed E-state index contributed by atoms with van der Waals surface area (Å²) < 4.78 is 0. The number of imide groups is 1. The standard InChI is InChI=1S/C17H26N4O2/c1-14(2)12-18-17(23)19-16(22)13-20-8-10-21(11-9-20)15-6-4-3-5-7-15/h3-7,14H,8-13H2,1-2H3,(H2,18,19,22,23)/p+1. The van der Waals surface area contributed by atoms with Gasteiger partial charge in [0.1, 0.15) is 0 Å². The summed E-state index contributed by atoms with van der Waals surface area (Å²) in [6, 6.07) is 9.91. The molecule has 3 amide bonds. The van der Waals surface area contributed by atoms with Crippen LogP contribution in [0.3, 0.4) is 0 Å². The molecule has 1 aliphatic heterocycles. The van der Waals surface area contributed by atoms with Crippen molar-refractivity contribution in [3.8, 4) is 0 Å². The number of nitrogens with one attached hydrogen (secondary N) is 3. The van der Waals surface area contributed by atoms with E-state index in [1.54, 1.807) is 0 Å². The van der Waals surface area contributed by atoms with Crippen molar-refractivity contribution in [2.24, 2.45) is 5.92 Å². The van der Waals surface area contributed by atoms with E-state index >= 15 is 0 Å². The van der Waals surface area contributed by atoms with E-state index in [0.29, 0.717) is 19.0 Å². The Bertz CT molecular complexity index is 511. The number of urea groups is 1. The molecule has 0 aromatic heterocycles. The van der Waals surface area contributed by atoms with Crippen molar-refractivity contribution >= 4 is 17.6 Å². The molecule has 0 radical (unpaired) electrons. The van der Waals surface area contributed by atoms with Crippen LogP contribution in [-0.4, -0.2) is 51.2 Å². The van der Waals surface area contributed by atoms with Crippen molar-refractivity contribution in [2.45, 2.75) is 13.8 Å². The van der Waals surface area contributed by atoms with E-state index < -0.39 is 6.03 Å². The molecule has 0 atom stereocenters. The maximum atomic E-state index is 11.9. The topological polar surface area (TPSA) is 65.9 Å². The van der Waals surface area contributed by atoms with Crippen LogP contribution in [0.15, 0.2) is 30.3 Å². The lowest BCUT2D eigenvalue weighted by Gasteiger charge is -2.33. The number of carbonyl (C=O) groups excluding carboxylic acids is 2. The second kappa shape index (κ2) is 8.53. The maximum absolute atomic E-state index is 11.9. The summed E-state index contributed by atoms with van der Waals surface area (Å²) in [6.45, 7) is 8.58. The molecule has 0 unspecified atom stereocenters. The Labute approximate surface area is 137 Å². The van der Waals surface area contributed by atoms with Crippen LogP contribution in [0.1, 0.15) is 13.8 Å². The van der Waals surface area contributed by atoms with Crippen LogP contribution >= 0.6 is 0 Å². The van der Waals surface area contributed by atoms with Gasteiger partial charge < -0.3 is 15.1 Å². The SMILES string of the molecule is CC(C)CNC(=O)NC(=O)C[NH+]1CCN(c2ccccc2)CC1. The van der Waals surface area contributed by atoms with Crippen molar-refractivity contribution in [3.05, 3.63) is 30.3 Å². The van der Waals surface area contributed by atoms with Crippen molar-refractivity contribution in [2.75, 3.05) is 44.2 Å². The van der Waals surface area contributed by atoms with Gasteiger partial charge in [0.15, 0.2) is 6.54 Å². The van der Waals surface area contributed by atoms with Gasteiger partial charge in [0.2, 0.25) is 0 Å². The highest BCUT2D eigenvalue weighted by atomic mass is 16.2. The van der Waals surface area contributed by atoms with Crippen molar-refractivity contribution in [1.29, 1.82) is 0 Å². The summed E-state index contributed by atoms with van der Waals surface area (Å²) in [5.74, 6) is 0.155. The molecule has 1 fully saturated rings. The fourth-order valence-corrected chi connectivity index (χ4v) is 2.64. The lowest BCUT2D eigenvalue weighted by Crippen LogP contribution is -3.16. The van der Waals surface area contributed by atoms with Crippen LogP contribution in [0, 0.1) is 5.92 Å². The minimum atomic E-state index is -0.397. The first-order valence-electron chi connectivity index (χ1n) is 8.26. The molecule has 1 heterocycles. The lowest BCUT2D eigenvalue weighted by atomic mass is 10.2. The molecule has 0 aliphatic carbocycles. The Morgan fingerprint density at radius 3 is 2.43 bits per heavy atom. The Kier molecular flexibility index (Phi) is 6.40. The number of hydrogen-bond donors (Lipinski definition) is 3. The number of piperazine rings is 1. The van der Waals surface area contributed by atoms with E-state index in [0.717, 1.165) is 26.2 Å². The minimum Gasteiger partial charge on any atom is -0.360 e. The molecule has 1 aliphatic rings. The molecule has 1 aromatic rings. The molecule has 126 valence electrons. The number of hydrogen-bond acceptors (Lipinski definition) is 3. The third-order valence-corrected chi connectivity index (χ3v) is 3.93. The van der Waals surface area contributed by atoms with Gasteiger partial charge in [-0.15, -0.1) is 0 Å². The predicted molar refractivity (Wildman–Crippen MR) is 90.6 cm³/mol. The van der Waals surface area contributed by atoms with Crippen molar-refractivity contribution < 1.29 is 14.5 Å². The molecule has 2 rings (SSSR count). The third-order valence-electron chi connectivity index (χ3n) is 3.93. The molecule has 3 N–H and O–H groups in total. The van der Waals surface area contributed by atoms with Gasteiger partial charge in [-0.05, 0) is 18.1 Å². The highest BCUT2D eigenvalue weighted by Crippen LogP contribution is 2.12. The van der Waals surface area contributed by atoms with E-state index in [-0.39, 0.29) is 5.91 Å². The molecule has 1 aromatic carbocycles. The molecule has 1 saturated heterocycles. The number of anilines is 1. The number of carbonyl (C=O) groups is 2.